The lowest BCUT2D eigenvalue weighted by atomic mass is 10.1. The molecule has 102 valence electrons. The van der Waals surface area contributed by atoms with Crippen LogP contribution in [-0.4, -0.2) is 26.3 Å². The fraction of sp³-hybridized carbons (Fsp3) is 0.533. The largest absolute Gasteiger partial charge is 0.497 e. The van der Waals surface area contributed by atoms with Gasteiger partial charge in [-0.2, -0.15) is 5.26 Å². The summed E-state index contributed by atoms with van der Waals surface area (Å²) in [5.41, 5.74) is 0.562. The van der Waals surface area contributed by atoms with Crippen LogP contribution in [0.25, 0.3) is 0 Å². The van der Waals surface area contributed by atoms with Gasteiger partial charge in [0.25, 0.3) is 0 Å². The summed E-state index contributed by atoms with van der Waals surface area (Å²) in [6.07, 6.45) is 4.73. The summed E-state index contributed by atoms with van der Waals surface area (Å²) in [5.74, 6) is 1.36. The third-order valence-electron chi connectivity index (χ3n) is 3.37. The zero-order chi connectivity index (χ0) is 13.5. The van der Waals surface area contributed by atoms with E-state index in [-0.39, 0.29) is 0 Å². The number of nitrogens with zero attached hydrogens (tertiary/aromatic N) is 1. The standard InChI is InChI=1S/C15H20N2O2/c1-18-14-8-12(11-16)9-15(10-14)19-7-3-5-13-4-2-6-17-13/h8-10,13,17H,2-7H2,1H3. The van der Waals surface area contributed by atoms with Gasteiger partial charge in [-0.25, -0.2) is 0 Å². The first-order valence-corrected chi connectivity index (χ1v) is 6.77. The van der Waals surface area contributed by atoms with E-state index in [1.165, 1.54) is 12.8 Å². The van der Waals surface area contributed by atoms with Gasteiger partial charge in [-0.3, -0.25) is 0 Å². The van der Waals surface area contributed by atoms with Gasteiger partial charge in [-0.1, -0.05) is 0 Å². The van der Waals surface area contributed by atoms with E-state index in [4.69, 9.17) is 14.7 Å². The molecule has 1 aromatic carbocycles. The maximum atomic E-state index is 8.93. The van der Waals surface area contributed by atoms with Crippen LogP contribution in [0.3, 0.4) is 0 Å². The topological polar surface area (TPSA) is 54.3 Å². The number of hydrogen-bond acceptors (Lipinski definition) is 4. The van der Waals surface area contributed by atoms with E-state index in [1.807, 2.05) is 6.07 Å². The Kier molecular flexibility index (Phi) is 5.05. The van der Waals surface area contributed by atoms with Crippen LogP contribution in [-0.2, 0) is 0 Å². The Morgan fingerprint density at radius 1 is 1.37 bits per heavy atom. The lowest BCUT2D eigenvalue weighted by molar-refractivity contribution is 0.297. The highest BCUT2D eigenvalue weighted by Gasteiger charge is 2.13. The first-order valence-electron chi connectivity index (χ1n) is 6.77. The Hall–Kier alpha value is -1.73. The Morgan fingerprint density at radius 3 is 2.89 bits per heavy atom. The van der Waals surface area contributed by atoms with Crippen LogP contribution in [0.5, 0.6) is 11.5 Å². The molecular weight excluding hydrogens is 240 g/mol. The lowest BCUT2D eigenvalue weighted by Gasteiger charge is -2.11. The summed E-state index contributed by atoms with van der Waals surface area (Å²) in [5, 5.41) is 12.4. The summed E-state index contributed by atoms with van der Waals surface area (Å²) >= 11 is 0. The quantitative estimate of drug-likeness (QED) is 0.798. The molecule has 4 heteroatoms. The van der Waals surface area contributed by atoms with Crippen LogP contribution in [0.2, 0.25) is 0 Å². The van der Waals surface area contributed by atoms with Gasteiger partial charge in [0.2, 0.25) is 0 Å². The molecule has 0 spiro atoms. The molecule has 2 rings (SSSR count). The summed E-state index contributed by atoms with van der Waals surface area (Å²) in [7, 11) is 1.59. The number of nitrogens with one attached hydrogen (secondary N) is 1. The zero-order valence-electron chi connectivity index (χ0n) is 11.3. The number of ether oxygens (including phenoxy) is 2. The second-order valence-corrected chi connectivity index (χ2v) is 4.79. The second kappa shape index (κ2) is 7.01. The van der Waals surface area contributed by atoms with Gasteiger partial charge in [0, 0.05) is 12.1 Å². The van der Waals surface area contributed by atoms with Crippen molar-refractivity contribution in [3.63, 3.8) is 0 Å². The Morgan fingerprint density at radius 2 is 2.21 bits per heavy atom. The van der Waals surface area contributed by atoms with Gasteiger partial charge >= 0.3 is 0 Å². The summed E-state index contributed by atoms with van der Waals surface area (Å²) in [4.78, 5) is 0. The minimum absolute atomic E-state index is 0.562. The van der Waals surface area contributed by atoms with Gasteiger partial charge < -0.3 is 14.8 Å². The fourth-order valence-corrected chi connectivity index (χ4v) is 2.36. The molecule has 0 aromatic heterocycles. The number of hydrogen-bond donors (Lipinski definition) is 1. The van der Waals surface area contributed by atoms with Gasteiger partial charge in [0.05, 0.1) is 25.3 Å². The normalized spacial score (nSPS) is 18.0. The molecule has 0 bridgehead atoms. The first kappa shape index (κ1) is 13.7. The fourth-order valence-electron chi connectivity index (χ4n) is 2.36. The average molecular weight is 260 g/mol. The van der Waals surface area contributed by atoms with Gasteiger partial charge in [0.15, 0.2) is 0 Å². The second-order valence-electron chi connectivity index (χ2n) is 4.79. The minimum atomic E-state index is 0.562. The van der Waals surface area contributed by atoms with E-state index in [1.54, 1.807) is 19.2 Å². The molecule has 0 radical (unpaired) electrons. The Bertz CT molecular complexity index is 448. The lowest BCUT2D eigenvalue weighted by Crippen LogP contribution is -2.21. The van der Waals surface area contributed by atoms with E-state index in [9.17, 15) is 0 Å². The maximum Gasteiger partial charge on any atom is 0.124 e. The monoisotopic (exact) mass is 260 g/mol. The molecule has 1 aliphatic heterocycles. The van der Waals surface area contributed by atoms with E-state index >= 15 is 0 Å². The highest BCUT2D eigenvalue weighted by Crippen LogP contribution is 2.22. The maximum absolute atomic E-state index is 8.93. The summed E-state index contributed by atoms with van der Waals surface area (Å²) < 4.78 is 10.8. The van der Waals surface area contributed by atoms with E-state index in [2.05, 4.69) is 11.4 Å². The molecule has 1 fully saturated rings. The molecule has 1 unspecified atom stereocenters. The first-order chi connectivity index (χ1) is 9.31. The van der Waals surface area contributed by atoms with Crippen molar-refractivity contribution in [1.82, 2.24) is 5.32 Å². The smallest absolute Gasteiger partial charge is 0.124 e. The highest BCUT2D eigenvalue weighted by atomic mass is 16.5. The number of rotatable bonds is 6. The predicted octanol–water partition coefficient (Wildman–Crippen LogP) is 2.48. The molecule has 1 atom stereocenters. The third kappa shape index (κ3) is 4.15. The average Bonchev–Trinajstić information content (AvgIpc) is 2.96. The van der Waals surface area contributed by atoms with Crippen molar-refractivity contribution < 1.29 is 9.47 Å². The van der Waals surface area contributed by atoms with Crippen molar-refractivity contribution >= 4 is 0 Å². The number of benzene rings is 1. The molecular formula is C15H20N2O2. The highest BCUT2D eigenvalue weighted by molar-refractivity contribution is 5.43. The van der Waals surface area contributed by atoms with Gasteiger partial charge in [-0.05, 0) is 44.4 Å². The van der Waals surface area contributed by atoms with Gasteiger partial charge in [-0.15, -0.1) is 0 Å². The van der Waals surface area contributed by atoms with Crippen LogP contribution >= 0.6 is 0 Å². The summed E-state index contributed by atoms with van der Waals surface area (Å²) in [6, 6.07) is 8.03. The van der Waals surface area contributed by atoms with Crippen molar-refractivity contribution in [2.24, 2.45) is 0 Å². The zero-order valence-corrected chi connectivity index (χ0v) is 11.3. The van der Waals surface area contributed by atoms with Crippen molar-refractivity contribution in [2.45, 2.75) is 31.7 Å². The van der Waals surface area contributed by atoms with Crippen molar-refractivity contribution in [1.29, 1.82) is 5.26 Å². The van der Waals surface area contributed by atoms with Crippen molar-refractivity contribution in [3.8, 4) is 17.6 Å². The van der Waals surface area contributed by atoms with Gasteiger partial charge in [0.1, 0.15) is 11.5 Å². The molecule has 1 aromatic rings. The van der Waals surface area contributed by atoms with Crippen LogP contribution in [0.4, 0.5) is 0 Å². The Balaban J connectivity index is 1.80. The molecule has 0 aliphatic carbocycles. The van der Waals surface area contributed by atoms with Crippen LogP contribution in [0.15, 0.2) is 18.2 Å². The molecule has 4 nitrogen and oxygen atoms in total. The van der Waals surface area contributed by atoms with Crippen LogP contribution in [0, 0.1) is 11.3 Å². The molecule has 0 saturated carbocycles. The molecule has 1 heterocycles. The van der Waals surface area contributed by atoms with Crippen molar-refractivity contribution in [2.75, 3.05) is 20.3 Å². The van der Waals surface area contributed by atoms with E-state index in [0.29, 0.717) is 29.7 Å². The number of nitriles is 1. The summed E-state index contributed by atoms with van der Waals surface area (Å²) in [6.45, 7) is 1.82. The molecule has 1 aliphatic rings. The predicted molar refractivity (Wildman–Crippen MR) is 73.5 cm³/mol. The third-order valence-corrected chi connectivity index (χ3v) is 3.37. The number of methoxy groups -OCH3 is 1. The molecule has 1 saturated heterocycles. The molecule has 0 amide bonds. The van der Waals surface area contributed by atoms with Crippen LogP contribution in [0.1, 0.15) is 31.2 Å². The van der Waals surface area contributed by atoms with E-state index in [0.717, 1.165) is 19.4 Å². The Labute approximate surface area is 114 Å². The van der Waals surface area contributed by atoms with Crippen molar-refractivity contribution in [3.05, 3.63) is 23.8 Å². The molecule has 19 heavy (non-hydrogen) atoms. The molecule has 1 N–H and O–H groups in total. The van der Waals surface area contributed by atoms with Crippen LogP contribution < -0.4 is 14.8 Å². The minimum Gasteiger partial charge on any atom is -0.497 e. The van der Waals surface area contributed by atoms with E-state index < -0.39 is 0 Å². The SMILES string of the molecule is COc1cc(C#N)cc(OCCCC2CCCN2)c1.